The molecule has 3 rings (SSSR count). The lowest BCUT2D eigenvalue weighted by Gasteiger charge is -2.30. The maximum Gasteiger partial charge on any atom is 0.224 e. The molecule has 1 fully saturated rings. The maximum atomic E-state index is 12.4. The molecule has 0 saturated heterocycles. The molecule has 122 valence electrons. The Morgan fingerprint density at radius 1 is 1.26 bits per heavy atom. The van der Waals surface area contributed by atoms with Crippen LogP contribution in [0.2, 0.25) is 0 Å². The summed E-state index contributed by atoms with van der Waals surface area (Å²) in [6.45, 7) is 3.91. The Balaban J connectivity index is 1.58. The highest BCUT2D eigenvalue weighted by Crippen LogP contribution is 2.32. The van der Waals surface area contributed by atoms with Crippen molar-refractivity contribution >= 4 is 5.91 Å². The van der Waals surface area contributed by atoms with E-state index in [-0.39, 0.29) is 11.9 Å². The van der Waals surface area contributed by atoms with Crippen molar-refractivity contribution < 1.29 is 4.79 Å². The summed E-state index contributed by atoms with van der Waals surface area (Å²) < 4.78 is 0. The number of nitrogens with one attached hydrogen (secondary N) is 2. The van der Waals surface area contributed by atoms with Gasteiger partial charge in [-0.15, -0.1) is 0 Å². The molecular formula is C19H25N3O. The van der Waals surface area contributed by atoms with Gasteiger partial charge in [0.1, 0.15) is 0 Å². The normalized spacial score (nSPS) is 21.1. The second-order valence-corrected chi connectivity index (χ2v) is 6.63. The Kier molecular flexibility index (Phi) is 4.79. The lowest BCUT2D eigenvalue weighted by molar-refractivity contribution is -0.121. The number of aryl methyl sites for hydroxylation is 2. The van der Waals surface area contributed by atoms with Crippen molar-refractivity contribution in [3.63, 3.8) is 0 Å². The molecular weight excluding hydrogens is 286 g/mol. The molecule has 0 spiro atoms. The molecule has 0 radical (unpaired) electrons. The standard InChI is InChI=1S/C19H25N3O/c1-13-18(14(2)22-21-13)12-19(23)20-17-10-6-9-16(11-17)15-7-4-3-5-8-15/h3-5,7-8,16-17H,6,9-12H2,1-2H3,(H,20,23)(H,21,22). The summed E-state index contributed by atoms with van der Waals surface area (Å²) in [5, 5.41) is 10.3. The van der Waals surface area contributed by atoms with E-state index in [1.165, 1.54) is 18.4 Å². The predicted octanol–water partition coefficient (Wildman–Crippen LogP) is 3.41. The smallest absolute Gasteiger partial charge is 0.224 e. The molecule has 2 unspecified atom stereocenters. The number of aromatic amines is 1. The zero-order chi connectivity index (χ0) is 16.2. The van der Waals surface area contributed by atoms with Crippen LogP contribution in [0.3, 0.4) is 0 Å². The minimum absolute atomic E-state index is 0.108. The van der Waals surface area contributed by atoms with Crippen LogP contribution in [0.15, 0.2) is 30.3 Å². The van der Waals surface area contributed by atoms with Gasteiger partial charge < -0.3 is 5.32 Å². The number of benzene rings is 1. The highest BCUT2D eigenvalue weighted by Gasteiger charge is 2.24. The number of hydrogen-bond acceptors (Lipinski definition) is 2. The third kappa shape index (κ3) is 3.81. The summed E-state index contributed by atoms with van der Waals surface area (Å²) in [7, 11) is 0. The Hall–Kier alpha value is -2.10. The van der Waals surface area contributed by atoms with Gasteiger partial charge in [-0.3, -0.25) is 9.89 Å². The number of aromatic nitrogens is 2. The van der Waals surface area contributed by atoms with Gasteiger partial charge in [-0.25, -0.2) is 0 Å². The second-order valence-electron chi connectivity index (χ2n) is 6.63. The number of carbonyl (C=O) groups excluding carboxylic acids is 1. The molecule has 1 aliphatic carbocycles. The van der Waals surface area contributed by atoms with Gasteiger partial charge in [-0.05, 0) is 44.6 Å². The van der Waals surface area contributed by atoms with Crippen LogP contribution in [0.1, 0.15) is 54.1 Å². The van der Waals surface area contributed by atoms with E-state index in [0.717, 1.165) is 29.8 Å². The second kappa shape index (κ2) is 6.99. The van der Waals surface area contributed by atoms with Crippen LogP contribution in [0.25, 0.3) is 0 Å². The monoisotopic (exact) mass is 311 g/mol. The van der Waals surface area contributed by atoms with Gasteiger partial charge in [0, 0.05) is 17.3 Å². The SMILES string of the molecule is Cc1n[nH]c(C)c1CC(=O)NC1CCCC(c2ccccc2)C1. The number of H-pyrrole nitrogens is 1. The molecule has 4 heteroatoms. The van der Waals surface area contributed by atoms with Crippen molar-refractivity contribution in [2.45, 2.75) is 57.9 Å². The lowest BCUT2D eigenvalue weighted by Crippen LogP contribution is -2.38. The van der Waals surface area contributed by atoms with Crippen LogP contribution in [-0.4, -0.2) is 22.1 Å². The van der Waals surface area contributed by atoms with E-state index in [1.54, 1.807) is 0 Å². The summed E-state index contributed by atoms with van der Waals surface area (Å²) in [5.74, 6) is 0.670. The first kappa shape index (κ1) is 15.8. The zero-order valence-corrected chi connectivity index (χ0v) is 13.9. The van der Waals surface area contributed by atoms with Crippen LogP contribution in [0.4, 0.5) is 0 Å². The van der Waals surface area contributed by atoms with Crippen molar-refractivity contribution in [1.82, 2.24) is 15.5 Å². The minimum atomic E-state index is 0.108. The Labute approximate surface area is 137 Å². The Morgan fingerprint density at radius 3 is 2.74 bits per heavy atom. The highest BCUT2D eigenvalue weighted by atomic mass is 16.1. The minimum Gasteiger partial charge on any atom is -0.353 e. The predicted molar refractivity (Wildman–Crippen MR) is 91.3 cm³/mol. The number of carbonyl (C=O) groups is 1. The van der Waals surface area contributed by atoms with Crippen molar-refractivity contribution in [3.05, 3.63) is 52.8 Å². The number of amides is 1. The summed E-state index contributed by atoms with van der Waals surface area (Å²) in [6, 6.07) is 10.9. The molecule has 1 aromatic carbocycles. The fourth-order valence-corrected chi connectivity index (χ4v) is 3.62. The van der Waals surface area contributed by atoms with Gasteiger partial charge >= 0.3 is 0 Å². The molecule has 23 heavy (non-hydrogen) atoms. The Morgan fingerprint density at radius 2 is 2.04 bits per heavy atom. The third-order valence-electron chi connectivity index (χ3n) is 4.93. The van der Waals surface area contributed by atoms with E-state index in [0.29, 0.717) is 12.3 Å². The summed E-state index contributed by atoms with van der Waals surface area (Å²) >= 11 is 0. The van der Waals surface area contributed by atoms with Crippen LogP contribution in [0.5, 0.6) is 0 Å². The van der Waals surface area contributed by atoms with Crippen LogP contribution < -0.4 is 5.32 Å². The molecule has 1 aromatic heterocycles. The van der Waals surface area contributed by atoms with Gasteiger partial charge in [0.25, 0.3) is 0 Å². The first-order valence-electron chi connectivity index (χ1n) is 8.48. The molecule has 1 saturated carbocycles. The van der Waals surface area contributed by atoms with E-state index in [2.05, 4.69) is 45.8 Å². The van der Waals surface area contributed by atoms with Crippen LogP contribution in [0, 0.1) is 13.8 Å². The van der Waals surface area contributed by atoms with E-state index in [1.807, 2.05) is 13.8 Å². The lowest BCUT2D eigenvalue weighted by atomic mass is 9.81. The van der Waals surface area contributed by atoms with Gasteiger partial charge in [0.05, 0.1) is 12.1 Å². The first-order chi connectivity index (χ1) is 11.1. The van der Waals surface area contributed by atoms with Gasteiger partial charge in [-0.2, -0.15) is 5.10 Å². The van der Waals surface area contributed by atoms with Gasteiger partial charge in [0.2, 0.25) is 5.91 Å². The molecule has 2 N–H and O–H groups in total. The largest absolute Gasteiger partial charge is 0.353 e. The van der Waals surface area contributed by atoms with E-state index >= 15 is 0 Å². The fourth-order valence-electron chi connectivity index (χ4n) is 3.62. The van der Waals surface area contributed by atoms with Crippen molar-refractivity contribution in [3.8, 4) is 0 Å². The molecule has 0 aliphatic heterocycles. The van der Waals surface area contributed by atoms with Gasteiger partial charge in [0.15, 0.2) is 0 Å². The molecule has 4 nitrogen and oxygen atoms in total. The number of hydrogen-bond donors (Lipinski definition) is 2. The molecule has 1 heterocycles. The molecule has 0 bridgehead atoms. The van der Waals surface area contributed by atoms with Gasteiger partial charge in [-0.1, -0.05) is 36.8 Å². The topological polar surface area (TPSA) is 57.8 Å². The average Bonchev–Trinajstić information content (AvgIpc) is 2.88. The quantitative estimate of drug-likeness (QED) is 0.909. The molecule has 2 aromatic rings. The zero-order valence-electron chi connectivity index (χ0n) is 13.9. The summed E-state index contributed by atoms with van der Waals surface area (Å²) in [6.07, 6.45) is 4.93. The van der Waals surface area contributed by atoms with E-state index in [4.69, 9.17) is 0 Å². The Bertz CT molecular complexity index is 643. The van der Waals surface area contributed by atoms with Crippen molar-refractivity contribution in [1.29, 1.82) is 0 Å². The molecule has 1 amide bonds. The number of rotatable bonds is 4. The van der Waals surface area contributed by atoms with Crippen molar-refractivity contribution in [2.75, 3.05) is 0 Å². The first-order valence-corrected chi connectivity index (χ1v) is 8.48. The highest BCUT2D eigenvalue weighted by molar-refractivity contribution is 5.79. The summed E-state index contributed by atoms with van der Waals surface area (Å²) in [5.41, 5.74) is 4.33. The summed E-state index contributed by atoms with van der Waals surface area (Å²) in [4.78, 5) is 12.4. The maximum absolute atomic E-state index is 12.4. The van der Waals surface area contributed by atoms with Crippen LogP contribution >= 0.6 is 0 Å². The number of nitrogens with zero attached hydrogens (tertiary/aromatic N) is 1. The van der Waals surface area contributed by atoms with E-state index in [9.17, 15) is 4.79 Å². The van der Waals surface area contributed by atoms with Crippen molar-refractivity contribution in [2.24, 2.45) is 0 Å². The van der Waals surface area contributed by atoms with Crippen LogP contribution in [-0.2, 0) is 11.2 Å². The fraction of sp³-hybridized carbons (Fsp3) is 0.474. The third-order valence-corrected chi connectivity index (χ3v) is 4.93. The molecule has 2 atom stereocenters. The van der Waals surface area contributed by atoms with E-state index < -0.39 is 0 Å². The molecule has 1 aliphatic rings. The average molecular weight is 311 g/mol.